The first-order valence-electron chi connectivity index (χ1n) is 6.83. The number of benzene rings is 2. The molecule has 0 aliphatic carbocycles. The molecule has 24 heavy (non-hydrogen) atoms. The molecule has 1 amide bonds. The molecule has 3 nitrogen and oxygen atoms in total. The van der Waals surface area contributed by atoms with Gasteiger partial charge in [-0.3, -0.25) is 10.1 Å². The summed E-state index contributed by atoms with van der Waals surface area (Å²) < 4.78 is 66.9. The van der Waals surface area contributed by atoms with Gasteiger partial charge in [0.2, 0.25) is 5.91 Å². The molecule has 8 heteroatoms. The lowest BCUT2D eigenvalue weighted by Crippen LogP contribution is -2.35. The van der Waals surface area contributed by atoms with Crippen LogP contribution in [0, 0.1) is 11.6 Å². The highest BCUT2D eigenvalue weighted by Gasteiger charge is 2.43. The minimum Gasteiger partial charge on any atom is -0.366 e. The minimum atomic E-state index is -4.89. The molecule has 1 atom stereocenters. The van der Waals surface area contributed by atoms with Gasteiger partial charge in [0, 0.05) is 17.7 Å². The van der Waals surface area contributed by atoms with E-state index in [1.807, 2.05) is 0 Å². The molecule has 2 rings (SSSR count). The van der Waals surface area contributed by atoms with Crippen molar-refractivity contribution >= 4 is 5.91 Å². The van der Waals surface area contributed by atoms with Crippen LogP contribution in [0.5, 0.6) is 0 Å². The average Bonchev–Trinajstić information content (AvgIpc) is 2.49. The molecule has 0 heterocycles. The van der Waals surface area contributed by atoms with Crippen molar-refractivity contribution in [3.8, 4) is 0 Å². The number of nitrogens with two attached hydrogens (primary N) is 1. The van der Waals surface area contributed by atoms with Crippen molar-refractivity contribution < 1.29 is 26.7 Å². The molecule has 0 fully saturated rings. The van der Waals surface area contributed by atoms with Crippen molar-refractivity contribution in [1.29, 1.82) is 0 Å². The van der Waals surface area contributed by atoms with Crippen LogP contribution in [-0.4, -0.2) is 12.1 Å². The highest BCUT2D eigenvalue weighted by molar-refractivity contribution is 5.92. The number of primary amides is 1. The lowest BCUT2D eigenvalue weighted by molar-refractivity contribution is -0.159. The summed E-state index contributed by atoms with van der Waals surface area (Å²) in [6, 6.07) is 5.52. The third-order valence-corrected chi connectivity index (χ3v) is 3.36. The fourth-order valence-electron chi connectivity index (χ4n) is 2.17. The fraction of sp³-hybridized carbons (Fsp3) is 0.188. The van der Waals surface area contributed by atoms with Crippen molar-refractivity contribution in [2.75, 3.05) is 0 Å². The number of halogens is 5. The summed E-state index contributed by atoms with van der Waals surface area (Å²) in [6.07, 6.45) is -4.89. The molecule has 2 aromatic rings. The Balaban J connectivity index is 2.23. The molecule has 0 aliphatic heterocycles. The number of nitrogens with one attached hydrogen (secondary N) is 1. The Bertz CT molecular complexity index is 708. The summed E-state index contributed by atoms with van der Waals surface area (Å²) in [7, 11) is 0. The van der Waals surface area contributed by atoms with Crippen molar-refractivity contribution in [3.05, 3.63) is 70.8 Å². The van der Waals surface area contributed by atoms with E-state index in [2.05, 4.69) is 5.32 Å². The molecule has 0 spiro atoms. The van der Waals surface area contributed by atoms with Gasteiger partial charge in [0.05, 0.1) is 0 Å². The molecule has 0 aliphatic rings. The van der Waals surface area contributed by atoms with Gasteiger partial charge in [-0.05, 0) is 29.8 Å². The molecular formula is C16H13F5N2O. The lowest BCUT2D eigenvalue weighted by Gasteiger charge is -2.23. The smallest absolute Gasteiger partial charge is 0.366 e. The van der Waals surface area contributed by atoms with E-state index in [1.54, 1.807) is 0 Å². The first kappa shape index (κ1) is 17.9. The van der Waals surface area contributed by atoms with Gasteiger partial charge < -0.3 is 5.73 Å². The number of carbonyl (C=O) groups is 1. The van der Waals surface area contributed by atoms with Gasteiger partial charge in [0.15, 0.2) is 0 Å². The van der Waals surface area contributed by atoms with Crippen molar-refractivity contribution in [2.24, 2.45) is 5.73 Å². The first-order chi connectivity index (χ1) is 11.2. The maximum Gasteiger partial charge on any atom is 0.408 e. The Morgan fingerprint density at radius 3 is 2.04 bits per heavy atom. The summed E-state index contributed by atoms with van der Waals surface area (Å²) in [5.74, 6) is -3.24. The van der Waals surface area contributed by atoms with E-state index >= 15 is 0 Å². The molecule has 3 N–H and O–H groups in total. The van der Waals surface area contributed by atoms with Crippen LogP contribution < -0.4 is 11.1 Å². The zero-order chi connectivity index (χ0) is 17.9. The predicted octanol–water partition coefficient (Wildman–Crippen LogP) is 3.46. The summed E-state index contributed by atoms with van der Waals surface area (Å²) in [5, 5.41) is 2.10. The zero-order valence-electron chi connectivity index (χ0n) is 12.2. The summed E-state index contributed by atoms with van der Waals surface area (Å²) in [6.45, 7) is -0.309. The second kappa shape index (κ2) is 6.96. The molecule has 0 unspecified atom stereocenters. The van der Waals surface area contributed by atoms with E-state index in [-0.39, 0.29) is 12.1 Å². The Labute approximate surface area is 134 Å². The van der Waals surface area contributed by atoms with Gasteiger partial charge in [-0.2, -0.15) is 13.2 Å². The second-order valence-corrected chi connectivity index (χ2v) is 5.05. The SMILES string of the molecule is NC(=O)c1ccc(CN[C@@H](c2c(F)cccc2F)C(F)(F)F)cc1. The van der Waals surface area contributed by atoms with E-state index in [0.717, 1.165) is 18.2 Å². The van der Waals surface area contributed by atoms with Crippen LogP contribution in [0.4, 0.5) is 22.0 Å². The number of hydrogen-bond acceptors (Lipinski definition) is 2. The van der Waals surface area contributed by atoms with E-state index in [4.69, 9.17) is 5.73 Å². The molecule has 0 aromatic heterocycles. The average molecular weight is 344 g/mol. The maximum atomic E-state index is 13.7. The van der Waals surface area contributed by atoms with E-state index in [1.165, 1.54) is 24.3 Å². The number of hydrogen-bond donors (Lipinski definition) is 2. The molecule has 0 saturated carbocycles. The fourth-order valence-corrected chi connectivity index (χ4v) is 2.17. The van der Waals surface area contributed by atoms with E-state index in [0.29, 0.717) is 5.56 Å². The number of alkyl halides is 3. The zero-order valence-corrected chi connectivity index (χ0v) is 12.2. The van der Waals surface area contributed by atoms with Crippen LogP contribution in [0.25, 0.3) is 0 Å². The molecule has 0 radical (unpaired) electrons. The maximum absolute atomic E-state index is 13.7. The van der Waals surface area contributed by atoms with Gasteiger partial charge in [-0.25, -0.2) is 8.78 Å². The minimum absolute atomic E-state index is 0.200. The summed E-state index contributed by atoms with van der Waals surface area (Å²) in [5.41, 5.74) is 4.58. The normalized spacial score (nSPS) is 12.9. The van der Waals surface area contributed by atoms with Crippen LogP contribution in [0.1, 0.15) is 27.5 Å². The Morgan fingerprint density at radius 1 is 1.04 bits per heavy atom. The second-order valence-electron chi connectivity index (χ2n) is 5.05. The Kier molecular flexibility index (Phi) is 5.18. The number of amides is 1. The summed E-state index contributed by atoms with van der Waals surface area (Å²) in [4.78, 5) is 10.9. The van der Waals surface area contributed by atoms with Crippen LogP contribution in [0.3, 0.4) is 0 Å². The van der Waals surface area contributed by atoms with Crippen LogP contribution in [-0.2, 0) is 6.54 Å². The molecule has 0 bridgehead atoms. The monoisotopic (exact) mass is 344 g/mol. The molecule has 128 valence electrons. The van der Waals surface area contributed by atoms with Gasteiger partial charge in [0.1, 0.15) is 17.7 Å². The highest BCUT2D eigenvalue weighted by atomic mass is 19.4. The summed E-state index contributed by atoms with van der Waals surface area (Å²) >= 11 is 0. The van der Waals surface area contributed by atoms with E-state index < -0.39 is 35.3 Å². The topological polar surface area (TPSA) is 55.1 Å². The number of carbonyl (C=O) groups excluding carboxylic acids is 1. The Hall–Kier alpha value is -2.48. The van der Waals surface area contributed by atoms with Gasteiger partial charge in [0.25, 0.3) is 0 Å². The first-order valence-corrected chi connectivity index (χ1v) is 6.83. The van der Waals surface area contributed by atoms with Gasteiger partial charge in [-0.15, -0.1) is 0 Å². The van der Waals surface area contributed by atoms with Crippen LogP contribution in [0.2, 0.25) is 0 Å². The molecular weight excluding hydrogens is 331 g/mol. The van der Waals surface area contributed by atoms with Crippen molar-refractivity contribution in [3.63, 3.8) is 0 Å². The Morgan fingerprint density at radius 2 is 1.58 bits per heavy atom. The molecule has 2 aromatic carbocycles. The third kappa shape index (κ3) is 4.08. The quantitative estimate of drug-likeness (QED) is 0.816. The van der Waals surface area contributed by atoms with Crippen molar-refractivity contribution in [1.82, 2.24) is 5.32 Å². The lowest BCUT2D eigenvalue weighted by atomic mass is 10.0. The van der Waals surface area contributed by atoms with Crippen LogP contribution >= 0.6 is 0 Å². The van der Waals surface area contributed by atoms with Gasteiger partial charge >= 0.3 is 6.18 Å². The van der Waals surface area contributed by atoms with Crippen molar-refractivity contribution in [2.45, 2.75) is 18.8 Å². The van der Waals surface area contributed by atoms with Crippen LogP contribution in [0.15, 0.2) is 42.5 Å². The number of rotatable bonds is 5. The third-order valence-electron chi connectivity index (χ3n) is 3.36. The molecule has 0 saturated heterocycles. The van der Waals surface area contributed by atoms with E-state index in [9.17, 15) is 26.7 Å². The van der Waals surface area contributed by atoms with Gasteiger partial charge in [-0.1, -0.05) is 18.2 Å². The predicted molar refractivity (Wildman–Crippen MR) is 77.0 cm³/mol. The highest BCUT2D eigenvalue weighted by Crippen LogP contribution is 2.35. The largest absolute Gasteiger partial charge is 0.408 e. The standard InChI is InChI=1S/C16H13F5N2O/c17-11-2-1-3-12(18)13(11)14(16(19,20)21)23-8-9-4-6-10(7-5-9)15(22)24/h1-7,14,23H,8H2,(H2,22,24)/t14-/m0/s1.